The molecule has 1 unspecified atom stereocenters. The summed E-state index contributed by atoms with van der Waals surface area (Å²) in [7, 11) is 1.95. The van der Waals surface area contributed by atoms with E-state index in [0.29, 0.717) is 6.61 Å². The lowest BCUT2D eigenvalue weighted by Gasteiger charge is -2.34. The molecule has 2 aromatic heterocycles. The molecule has 0 aliphatic carbocycles. The average molecular weight is 343 g/mol. The zero-order chi connectivity index (χ0) is 17.1. The van der Waals surface area contributed by atoms with Gasteiger partial charge in [0.15, 0.2) is 0 Å². The number of nitrogens with zero attached hydrogens (tertiary/aromatic N) is 7. The maximum Gasteiger partial charge on any atom is 0.225 e. The molecule has 2 aromatic rings. The van der Waals surface area contributed by atoms with Crippen molar-refractivity contribution in [2.24, 2.45) is 7.05 Å². The van der Waals surface area contributed by atoms with Gasteiger partial charge in [0.1, 0.15) is 11.7 Å². The third-order valence-corrected chi connectivity index (χ3v) is 5.09. The van der Waals surface area contributed by atoms with Crippen LogP contribution in [0.3, 0.4) is 0 Å². The molecule has 25 heavy (non-hydrogen) atoms. The maximum atomic E-state index is 6.04. The molecule has 2 aliphatic heterocycles. The van der Waals surface area contributed by atoms with E-state index in [1.807, 2.05) is 17.8 Å². The van der Waals surface area contributed by atoms with Gasteiger partial charge < -0.3 is 14.5 Å². The zero-order valence-corrected chi connectivity index (χ0v) is 14.7. The van der Waals surface area contributed by atoms with Crippen LogP contribution >= 0.6 is 0 Å². The molecule has 4 rings (SSSR count). The van der Waals surface area contributed by atoms with Gasteiger partial charge in [-0.05, 0) is 32.0 Å². The number of ether oxygens (including phenoxy) is 1. The highest BCUT2D eigenvalue weighted by molar-refractivity contribution is 5.38. The Kier molecular flexibility index (Phi) is 4.89. The lowest BCUT2D eigenvalue weighted by Crippen LogP contribution is -2.40. The topological polar surface area (TPSA) is 72.2 Å². The first-order valence-electron chi connectivity index (χ1n) is 9.05. The minimum atomic E-state index is 0.0124. The molecule has 0 amide bonds. The first kappa shape index (κ1) is 16.4. The highest BCUT2D eigenvalue weighted by Crippen LogP contribution is 2.30. The molecule has 2 aliphatic rings. The largest absolute Gasteiger partial charge is 0.378 e. The van der Waals surface area contributed by atoms with Crippen molar-refractivity contribution in [3.8, 4) is 0 Å². The molecule has 1 atom stereocenters. The van der Waals surface area contributed by atoms with Crippen LogP contribution in [-0.2, 0) is 18.2 Å². The molecule has 134 valence electrons. The highest BCUT2D eigenvalue weighted by atomic mass is 16.5. The predicted octanol–water partition coefficient (Wildman–Crippen LogP) is 0.821. The molecular weight excluding hydrogens is 318 g/mol. The highest BCUT2D eigenvalue weighted by Gasteiger charge is 2.33. The molecule has 0 saturated carbocycles. The molecule has 0 radical (unpaired) electrons. The number of hydrogen-bond acceptors (Lipinski definition) is 7. The van der Waals surface area contributed by atoms with Gasteiger partial charge in [0.25, 0.3) is 0 Å². The summed E-state index contributed by atoms with van der Waals surface area (Å²) in [4.78, 5) is 13.5. The molecule has 4 heterocycles. The Labute approximate surface area is 147 Å². The van der Waals surface area contributed by atoms with E-state index in [4.69, 9.17) is 4.74 Å². The van der Waals surface area contributed by atoms with Crippen molar-refractivity contribution in [2.45, 2.75) is 25.3 Å². The number of hydrogen-bond donors (Lipinski definition) is 0. The Morgan fingerprint density at radius 1 is 1.16 bits per heavy atom. The van der Waals surface area contributed by atoms with E-state index < -0.39 is 0 Å². The Hall–Kier alpha value is -2.06. The molecule has 0 aromatic carbocycles. The van der Waals surface area contributed by atoms with Crippen molar-refractivity contribution in [2.75, 3.05) is 44.3 Å². The third kappa shape index (κ3) is 3.50. The van der Waals surface area contributed by atoms with E-state index in [9.17, 15) is 0 Å². The van der Waals surface area contributed by atoms with Crippen LogP contribution in [-0.4, -0.2) is 69.3 Å². The quantitative estimate of drug-likeness (QED) is 0.719. The van der Waals surface area contributed by atoms with Crippen LogP contribution in [0.15, 0.2) is 18.5 Å². The molecular formula is C17H25N7O. The van der Waals surface area contributed by atoms with Gasteiger partial charge in [-0.15, -0.1) is 5.10 Å². The van der Waals surface area contributed by atoms with Crippen molar-refractivity contribution in [3.63, 3.8) is 0 Å². The summed E-state index contributed by atoms with van der Waals surface area (Å²) < 4.78 is 7.91. The van der Waals surface area contributed by atoms with Crippen LogP contribution in [0, 0.1) is 0 Å². The second-order valence-corrected chi connectivity index (χ2v) is 6.68. The first-order chi connectivity index (χ1) is 12.3. The second kappa shape index (κ2) is 7.45. The van der Waals surface area contributed by atoms with Gasteiger partial charge in [-0.3, -0.25) is 4.68 Å². The van der Waals surface area contributed by atoms with Crippen molar-refractivity contribution in [3.05, 3.63) is 29.8 Å². The van der Waals surface area contributed by atoms with Gasteiger partial charge in [0.05, 0.1) is 18.9 Å². The summed E-state index contributed by atoms with van der Waals surface area (Å²) in [6.07, 6.45) is 7.07. The smallest absolute Gasteiger partial charge is 0.225 e. The zero-order valence-electron chi connectivity index (χ0n) is 14.7. The summed E-state index contributed by atoms with van der Waals surface area (Å²) in [5, 5.41) is 8.60. The van der Waals surface area contributed by atoms with Gasteiger partial charge in [-0.2, -0.15) is 0 Å². The Morgan fingerprint density at radius 3 is 2.76 bits per heavy atom. The van der Waals surface area contributed by atoms with Crippen molar-refractivity contribution < 1.29 is 4.74 Å². The van der Waals surface area contributed by atoms with Gasteiger partial charge in [-0.1, -0.05) is 5.21 Å². The van der Waals surface area contributed by atoms with E-state index in [1.165, 1.54) is 31.6 Å². The molecule has 1 saturated heterocycles. The number of aromatic nitrogens is 5. The molecule has 1 fully saturated rings. The Balaban J connectivity index is 1.45. The molecule has 8 nitrogen and oxygen atoms in total. The van der Waals surface area contributed by atoms with E-state index >= 15 is 0 Å². The van der Waals surface area contributed by atoms with Crippen LogP contribution in [0.4, 0.5) is 5.95 Å². The molecule has 8 heteroatoms. The van der Waals surface area contributed by atoms with E-state index in [1.54, 1.807) is 12.4 Å². The number of rotatable bonds is 6. The third-order valence-electron chi connectivity index (χ3n) is 5.09. The predicted molar refractivity (Wildman–Crippen MR) is 93.3 cm³/mol. The lowest BCUT2D eigenvalue weighted by molar-refractivity contribution is 0.0961. The fraction of sp³-hybridized carbons (Fsp3) is 0.647. The normalized spacial score (nSPS) is 20.8. The number of anilines is 1. The minimum Gasteiger partial charge on any atom is -0.378 e. The molecule has 0 N–H and O–H groups in total. The number of aryl methyl sites for hydroxylation is 1. The van der Waals surface area contributed by atoms with Gasteiger partial charge in [0.2, 0.25) is 5.95 Å². The van der Waals surface area contributed by atoms with Gasteiger partial charge in [-0.25, -0.2) is 9.97 Å². The fourth-order valence-corrected chi connectivity index (χ4v) is 3.71. The second-order valence-electron chi connectivity index (χ2n) is 6.68. The Bertz CT molecular complexity index is 684. The van der Waals surface area contributed by atoms with Crippen LogP contribution in [0.1, 0.15) is 30.3 Å². The summed E-state index contributed by atoms with van der Waals surface area (Å²) in [5.74, 6) is 0.729. The van der Waals surface area contributed by atoms with Crippen molar-refractivity contribution in [1.29, 1.82) is 0 Å². The van der Waals surface area contributed by atoms with Crippen molar-refractivity contribution in [1.82, 2.24) is 29.9 Å². The van der Waals surface area contributed by atoms with Gasteiger partial charge in [0, 0.05) is 39.0 Å². The van der Waals surface area contributed by atoms with Crippen molar-refractivity contribution >= 4 is 5.95 Å². The summed E-state index contributed by atoms with van der Waals surface area (Å²) in [6.45, 7) is 5.57. The summed E-state index contributed by atoms with van der Waals surface area (Å²) in [5.41, 5.74) is 2.17. The van der Waals surface area contributed by atoms with Gasteiger partial charge >= 0.3 is 0 Å². The summed E-state index contributed by atoms with van der Waals surface area (Å²) >= 11 is 0. The van der Waals surface area contributed by atoms with E-state index in [0.717, 1.165) is 37.8 Å². The number of fused-ring (bicyclic) bond motifs is 1. The van der Waals surface area contributed by atoms with Crippen LogP contribution in [0.5, 0.6) is 0 Å². The monoisotopic (exact) mass is 343 g/mol. The van der Waals surface area contributed by atoms with Crippen LogP contribution < -0.4 is 4.90 Å². The maximum absolute atomic E-state index is 6.04. The van der Waals surface area contributed by atoms with E-state index in [2.05, 4.69) is 30.1 Å². The minimum absolute atomic E-state index is 0.0124. The summed E-state index contributed by atoms with van der Waals surface area (Å²) in [6, 6.07) is 1.85. The average Bonchev–Trinajstić information content (AvgIpc) is 3.30. The standard InChI is InChI=1S/C17H25N7O/c1-22-14-5-10-24(17-18-6-4-7-19-17)15(16(14)20-21-22)13-25-12-11-23-8-2-3-9-23/h4,6-7,15H,2-3,5,8-13H2,1H3. The van der Waals surface area contributed by atoms with E-state index in [-0.39, 0.29) is 6.04 Å². The fourth-order valence-electron chi connectivity index (χ4n) is 3.71. The lowest BCUT2D eigenvalue weighted by atomic mass is 10.0. The molecule has 0 bridgehead atoms. The van der Waals surface area contributed by atoms with Crippen LogP contribution in [0.2, 0.25) is 0 Å². The number of likely N-dealkylation sites (tertiary alicyclic amines) is 1. The SMILES string of the molecule is Cn1nnc2c1CCN(c1ncccn1)C2COCCN1CCCC1. The first-order valence-corrected chi connectivity index (χ1v) is 9.05. The Morgan fingerprint density at radius 2 is 1.96 bits per heavy atom. The molecule has 0 spiro atoms. The van der Waals surface area contributed by atoms with Crippen LogP contribution in [0.25, 0.3) is 0 Å².